The summed E-state index contributed by atoms with van der Waals surface area (Å²) < 4.78 is 43.5. The molecule has 0 spiro atoms. The fourth-order valence-electron chi connectivity index (χ4n) is 3.62. The highest BCUT2D eigenvalue weighted by Gasteiger charge is 2.51. The van der Waals surface area contributed by atoms with Crippen molar-refractivity contribution in [1.82, 2.24) is 4.72 Å². The first-order chi connectivity index (χ1) is 17.0. The summed E-state index contributed by atoms with van der Waals surface area (Å²) >= 11 is 0. The maximum Gasteiger partial charge on any atom is 0.509 e. The Morgan fingerprint density at radius 1 is 1.11 bits per heavy atom. The van der Waals surface area contributed by atoms with E-state index in [1.165, 1.54) is 7.11 Å². The van der Waals surface area contributed by atoms with E-state index in [2.05, 4.69) is 4.72 Å². The number of benzene rings is 1. The van der Waals surface area contributed by atoms with Crippen LogP contribution in [0.5, 0.6) is 0 Å². The number of hydrogen-bond donors (Lipinski definition) is 1. The van der Waals surface area contributed by atoms with Gasteiger partial charge < -0.3 is 23.7 Å². The first-order valence-corrected chi connectivity index (χ1v) is 13.4. The number of nitrogens with one attached hydrogen (secondary N) is 1. The average molecular weight is 540 g/mol. The van der Waals surface area contributed by atoms with E-state index < -0.39 is 63.6 Å². The molecular formula is C27H41NO8S. The van der Waals surface area contributed by atoms with Crippen LogP contribution in [-0.2, 0) is 39.5 Å². The first-order valence-electron chi connectivity index (χ1n) is 12.2. The highest BCUT2D eigenvalue weighted by atomic mass is 32.2. The topological polar surface area (TPSA) is 109 Å². The van der Waals surface area contributed by atoms with Gasteiger partial charge in [0.1, 0.15) is 11.7 Å². The molecule has 0 aliphatic carbocycles. The van der Waals surface area contributed by atoms with Crippen LogP contribution in [0.2, 0.25) is 0 Å². The van der Waals surface area contributed by atoms with Crippen LogP contribution in [0, 0.1) is 0 Å². The van der Waals surface area contributed by atoms with Crippen molar-refractivity contribution < 1.29 is 37.5 Å². The predicted octanol–water partition coefficient (Wildman–Crippen LogP) is 4.52. The molecule has 0 aromatic heterocycles. The third-order valence-electron chi connectivity index (χ3n) is 5.23. The molecule has 1 aromatic rings. The minimum absolute atomic E-state index is 0.420. The Morgan fingerprint density at radius 2 is 1.73 bits per heavy atom. The highest BCUT2D eigenvalue weighted by molar-refractivity contribution is 7.84. The van der Waals surface area contributed by atoms with Gasteiger partial charge in [-0.3, -0.25) is 0 Å². The minimum atomic E-state index is -1.66. The minimum Gasteiger partial charge on any atom is -0.466 e. The smallest absolute Gasteiger partial charge is 0.466 e. The van der Waals surface area contributed by atoms with E-state index in [1.807, 2.05) is 42.5 Å². The van der Waals surface area contributed by atoms with Crippen LogP contribution in [0.1, 0.15) is 67.4 Å². The molecule has 0 unspecified atom stereocenters. The maximum atomic E-state index is 13.2. The standard InChI is InChI=1S/C27H41NO8S/c1-25(2,3)36-24(30)33-22(23(29)32-9)20(28-37(31)26(4,5)6)21-19(34-27(7,8)35-21)17-13-16-18-14-11-10-12-15-18/h10-16,19-22,28H,17H2,1-9H3/b16-13+/t19-,20+,21+,22-,37-/m0/s1. The van der Waals surface area contributed by atoms with Gasteiger partial charge in [-0.15, -0.1) is 0 Å². The van der Waals surface area contributed by atoms with E-state index in [4.69, 9.17) is 23.7 Å². The molecule has 1 saturated heterocycles. The number of esters is 1. The third kappa shape index (κ3) is 9.85. The second kappa shape index (κ2) is 12.5. The number of methoxy groups -OCH3 is 1. The summed E-state index contributed by atoms with van der Waals surface area (Å²) in [6.07, 6.45) is 0.355. The summed E-state index contributed by atoms with van der Waals surface area (Å²) in [4.78, 5) is 25.5. The molecule has 37 heavy (non-hydrogen) atoms. The number of rotatable bonds is 9. The summed E-state index contributed by atoms with van der Waals surface area (Å²) in [5.74, 6) is -1.85. The monoisotopic (exact) mass is 539 g/mol. The van der Waals surface area contributed by atoms with Crippen LogP contribution in [0.15, 0.2) is 36.4 Å². The first kappa shape index (κ1) is 31.0. The molecule has 1 aromatic carbocycles. The van der Waals surface area contributed by atoms with Crippen molar-refractivity contribution in [2.75, 3.05) is 7.11 Å². The van der Waals surface area contributed by atoms with E-state index in [1.54, 1.807) is 55.4 Å². The van der Waals surface area contributed by atoms with Crippen LogP contribution in [0.4, 0.5) is 4.79 Å². The molecule has 5 atom stereocenters. The summed E-state index contributed by atoms with van der Waals surface area (Å²) in [6, 6.07) is 8.70. The quantitative estimate of drug-likeness (QED) is 0.456. The van der Waals surface area contributed by atoms with Gasteiger partial charge in [-0.25, -0.2) is 18.5 Å². The largest absolute Gasteiger partial charge is 0.509 e. The number of carbonyl (C=O) groups excluding carboxylic acids is 2. The second-order valence-corrected chi connectivity index (χ2v) is 13.2. The lowest BCUT2D eigenvalue weighted by molar-refractivity contribution is -0.164. The molecule has 208 valence electrons. The van der Waals surface area contributed by atoms with E-state index in [0.29, 0.717) is 6.42 Å². The van der Waals surface area contributed by atoms with Crippen molar-refractivity contribution >= 4 is 29.2 Å². The lowest BCUT2D eigenvalue weighted by Gasteiger charge is -2.33. The number of carbonyl (C=O) groups is 2. The van der Waals surface area contributed by atoms with Crippen molar-refractivity contribution in [1.29, 1.82) is 0 Å². The zero-order chi connectivity index (χ0) is 28.0. The van der Waals surface area contributed by atoms with Gasteiger partial charge in [0.05, 0.1) is 35.0 Å². The molecule has 0 bridgehead atoms. The number of hydrogen-bond acceptors (Lipinski definition) is 8. The van der Waals surface area contributed by atoms with Crippen molar-refractivity contribution in [3.05, 3.63) is 42.0 Å². The Balaban J connectivity index is 2.43. The van der Waals surface area contributed by atoms with Gasteiger partial charge in [0.2, 0.25) is 6.10 Å². The Labute approximate surface area is 222 Å². The van der Waals surface area contributed by atoms with Gasteiger partial charge in [0.15, 0.2) is 5.79 Å². The molecule has 0 radical (unpaired) electrons. The van der Waals surface area contributed by atoms with Gasteiger partial charge >= 0.3 is 12.1 Å². The summed E-state index contributed by atoms with van der Waals surface area (Å²) in [5.41, 5.74) is 0.163. The van der Waals surface area contributed by atoms with E-state index >= 15 is 0 Å². The molecule has 0 amide bonds. The van der Waals surface area contributed by atoms with Crippen LogP contribution in [0.3, 0.4) is 0 Å². The SMILES string of the molecule is COC(=O)[C@@H](OC(=O)OC(C)(C)C)[C@H](N[S@@](=O)C(C)(C)C)[C@@H]1OC(C)(C)O[C@H]1C/C=C/c1ccccc1. The molecule has 2 rings (SSSR count). The maximum absolute atomic E-state index is 13.2. The van der Waals surface area contributed by atoms with Crippen LogP contribution in [-0.4, -0.2) is 63.9 Å². The molecule has 1 heterocycles. The second-order valence-electron chi connectivity index (χ2n) is 11.2. The highest BCUT2D eigenvalue weighted by Crippen LogP contribution is 2.34. The number of ether oxygens (including phenoxy) is 5. The molecule has 1 aliphatic rings. The fourth-order valence-corrected chi connectivity index (χ4v) is 4.47. The molecule has 1 aliphatic heterocycles. The van der Waals surface area contributed by atoms with Gasteiger partial charge in [0, 0.05) is 0 Å². The fraction of sp³-hybridized carbons (Fsp3) is 0.630. The lowest BCUT2D eigenvalue weighted by Crippen LogP contribution is -2.58. The molecule has 9 nitrogen and oxygen atoms in total. The Kier molecular flexibility index (Phi) is 10.5. The normalized spacial score (nSPS) is 22.3. The van der Waals surface area contributed by atoms with Gasteiger partial charge in [-0.1, -0.05) is 42.5 Å². The van der Waals surface area contributed by atoms with Crippen molar-refractivity contribution in [2.24, 2.45) is 0 Å². The summed E-state index contributed by atoms with van der Waals surface area (Å²) in [5, 5.41) is 0. The average Bonchev–Trinajstić information content (AvgIpc) is 3.08. The van der Waals surface area contributed by atoms with Gasteiger partial charge in [-0.2, -0.15) is 0 Å². The van der Waals surface area contributed by atoms with Crippen LogP contribution in [0.25, 0.3) is 6.08 Å². The van der Waals surface area contributed by atoms with Crippen LogP contribution >= 0.6 is 0 Å². The van der Waals surface area contributed by atoms with Crippen molar-refractivity contribution in [2.45, 2.75) is 102 Å². The van der Waals surface area contributed by atoms with E-state index in [-0.39, 0.29) is 0 Å². The van der Waals surface area contributed by atoms with Gasteiger partial charge in [-0.05, 0) is 67.4 Å². The van der Waals surface area contributed by atoms with Gasteiger partial charge in [0.25, 0.3) is 0 Å². The molecule has 1 N–H and O–H groups in total. The van der Waals surface area contributed by atoms with E-state index in [0.717, 1.165) is 5.56 Å². The molecule has 1 fully saturated rings. The zero-order valence-electron chi connectivity index (χ0n) is 23.2. The van der Waals surface area contributed by atoms with Crippen molar-refractivity contribution in [3.63, 3.8) is 0 Å². The Morgan fingerprint density at radius 3 is 2.27 bits per heavy atom. The Hall–Kier alpha value is -2.27. The van der Waals surface area contributed by atoms with E-state index in [9.17, 15) is 13.8 Å². The lowest BCUT2D eigenvalue weighted by atomic mass is 9.98. The Bertz CT molecular complexity index is 965. The summed E-state index contributed by atoms with van der Waals surface area (Å²) in [7, 11) is -0.473. The third-order valence-corrected chi connectivity index (χ3v) is 6.82. The zero-order valence-corrected chi connectivity index (χ0v) is 24.0. The van der Waals surface area contributed by atoms with Crippen molar-refractivity contribution in [3.8, 4) is 0 Å². The molecule has 0 saturated carbocycles. The predicted molar refractivity (Wildman–Crippen MR) is 142 cm³/mol. The molecule has 10 heteroatoms. The molecular weight excluding hydrogens is 498 g/mol. The summed E-state index contributed by atoms with van der Waals surface area (Å²) in [6.45, 7) is 13.9. The van der Waals surface area contributed by atoms with Crippen LogP contribution < -0.4 is 4.72 Å².